The van der Waals surface area contributed by atoms with E-state index in [4.69, 9.17) is 4.52 Å². The molecule has 6 heteroatoms. The molecule has 142 valence electrons. The van der Waals surface area contributed by atoms with Gasteiger partial charge in [0.2, 0.25) is 5.89 Å². The lowest BCUT2D eigenvalue weighted by molar-refractivity contribution is 0.372. The SMILES string of the molecule is CCNC(=NCCc1nc(C(C)C)no1)NC(C)c1ccc(CC)cc1. The highest BCUT2D eigenvalue weighted by Gasteiger charge is 2.10. The third-order valence-corrected chi connectivity index (χ3v) is 4.18. The van der Waals surface area contributed by atoms with E-state index in [1.807, 2.05) is 0 Å². The summed E-state index contributed by atoms with van der Waals surface area (Å²) in [5.41, 5.74) is 2.59. The van der Waals surface area contributed by atoms with Gasteiger partial charge in [-0.15, -0.1) is 0 Å². The van der Waals surface area contributed by atoms with Gasteiger partial charge in [0.15, 0.2) is 11.8 Å². The standard InChI is InChI=1S/C20H31N5O/c1-6-16-8-10-17(11-9-16)15(5)23-20(21-7-2)22-13-12-18-24-19(14(3)4)25-26-18/h8-11,14-15H,6-7,12-13H2,1-5H3,(H2,21,22,23). The first-order chi connectivity index (χ1) is 12.5. The van der Waals surface area contributed by atoms with Crippen molar-refractivity contribution in [2.24, 2.45) is 4.99 Å². The number of hydrogen-bond donors (Lipinski definition) is 2. The number of guanidine groups is 1. The van der Waals surface area contributed by atoms with E-state index in [0.29, 0.717) is 18.9 Å². The molecule has 1 unspecified atom stereocenters. The molecule has 0 bridgehead atoms. The summed E-state index contributed by atoms with van der Waals surface area (Å²) in [6, 6.07) is 8.88. The van der Waals surface area contributed by atoms with Gasteiger partial charge in [0, 0.05) is 18.9 Å². The van der Waals surface area contributed by atoms with Crippen LogP contribution in [-0.4, -0.2) is 29.2 Å². The molecule has 1 heterocycles. The topological polar surface area (TPSA) is 75.3 Å². The van der Waals surface area contributed by atoms with Crippen LogP contribution in [-0.2, 0) is 12.8 Å². The number of benzene rings is 1. The molecule has 0 radical (unpaired) electrons. The van der Waals surface area contributed by atoms with Crippen LogP contribution in [0.25, 0.3) is 0 Å². The van der Waals surface area contributed by atoms with Crippen molar-refractivity contribution in [3.63, 3.8) is 0 Å². The molecule has 0 amide bonds. The van der Waals surface area contributed by atoms with Crippen molar-refractivity contribution in [2.75, 3.05) is 13.1 Å². The van der Waals surface area contributed by atoms with E-state index in [9.17, 15) is 0 Å². The summed E-state index contributed by atoms with van der Waals surface area (Å²) in [4.78, 5) is 9.02. The summed E-state index contributed by atoms with van der Waals surface area (Å²) in [5, 5.41) is 10.7. The minimum Gasteiger partial charge on any atom is -0.357 e. The van der Waals surface area contributed by atoms with Crippen molar-refractivity contribution in [3.8, 4) is 0 Å². The first-order valence-corrected chi connectivity index (χ1v) is 9.49. The maximum Gasteiger partial charge on any atom is 0.228 e. The number of nitrogens with one attached hydrogen (secondary N) is 2. The second-order valence-electron chi connectivity index (χ2n) is 6.67. The Morgan fingerprint density at radius 3 is 2.46 bits per heavy atom. The zero-order valence-corrected chi connectivity index (χ0v) is 16.5. The van der Waals surface area contributed by atoms with Gasteiger partial charge in [-0.25, -0.2) is 0 Å². The van der Waals surface area contributed by atoms with Gasteiger partial charge in [-0.2, -0.15) is 4.98 Å². The molecule has 0 aliphatic rings. The van der Waals surface area contributed by atoms with E-state index < -0.39 is 0 Å². The molecule has 2 aromatic rings. The molecule has 1 aromatic carbocycles. The third kappa shape index (κ3) is 5.86. The maximum absolute atomic E-state index is 5.27. The number of aliphatic imine (C=N–C) groups is 1. The van der Waals surface area contributed by atoms with Gasteiger partial charge in [0.05, 0.1) is 12.6 Å². The van der Waals surface area contributed by atoms with Crippen LogP contribution in [0, 0.1) is 0 Å². The zero-order chi connectivity index (χ0) is 18.9. The average molecular weight is 358 g/mol. The predicted octanol–water partition coefficient (Wildman–Crippen LogP) is 3.61. The Balaban J connectivity index is 1.93. The van der Waals surface area contributed by atoms with Crippen molar-refractivity contribution in [1.82, 2.24) is 20.8 Å². The Kier molecular flexibility index (Phi) is 7.63. The highest BCUT2D eigenvalue weighted by atomic mass is 16.5. The lowest BCUT2D eigenvalue weighted by Gasteiger charge is -2.18. The lowest BCUT2D eigenvalue weighted by Crippen LogP contribution is -2.38. The fourth-order valence-electron chi connectivity index (χ4n) is 2.52. The summed E-state index contributed by atoms with van der Waals surface area (Å²) in [6.07, 6.45) is 1.69. The third-order valence-electron chi connectivity index (χ3n) is 4.18. The number of aromatic nitrogens is 2. The Labute approximate surface area is 156 Å². The van der Waals surface area contributed by atoms with Crippen molar-refractivity contribution in [1.29, 1.82) is 0 Å². The average Bonchev–Trinajstić information content (AvgIpc) is 3.11. The summed E-state index contributed by atoms with van der Waals surface area (Å²) in [6.45, 7) is 11.9. The van der Waals surface area contributed by atoms with Gasteiger partial charge >= 0.3 is 0 Å². The normalized spacial score (nSPS) is 13.1. The van der Waals surface area contributed by atoms with Crippen LogP contribution in [0.4, 0.5) is 0 Å². The largest absolute Gasteiger partial charge is 0.357 e. The summed E-state index contributed by atoms with van der Waals surface area (Å²) < 4.78 is 5.27. The summed E-state index contributed by atoms with van der Waals surface area (Å²) >= 11 is 0. The van der Waals surface area contributed by atoms with E-state index in [-0.39, 0.29) is 12.0 Å². The Morgan fingerprint density at radius 2 is 1.88 bits per heavy atom. The van der Waals surface area contributed by atoms with E-state index >= 15 is 0 Å². The van der Waals surface area contributed by atoms with E-state index in [0.717, 1.165) is 24.7 Å². The highest BCUT2D eigenvalue weighted by Crippen LogP contribution is 2.14. The number of rotatable bonds is 8. The Morgan fingerprint density at radius 1 is 1.15 bits per heavy atom. The maximum atomic E-state index is 5.27. The van der Waals surface area contributed by atoms with Crippen LogP contribution in [0.3, 0.4) is 0 Å². The Hall–Kier alpha value is -2.37. The van der Waals surface area contributed by atoms with Crippen LogP contribution in [0.15, 0.2) is 33.8 Å². The minimum atomic E-state index is 0.176. The molecule has 2 N–H and O–H groups in total. The molecular formula is C20H31N5O. The molecule has 1 atom stereocenters. The monoisotopic (exact) mass is 357 g/mol. The molecule has 0 aliphatic carbocycles. The molecule has 0 fully saturated rings. The quantitative estimate of drug-likeness (QED) is 0.557. The molecule has 1 aromatic heterocycles. The first-order valence-electron chi connectivity index (χ1n) is 9.49. The number of hydrogen-bond acceptors (Lipinski definition) is 4. The van der Waals surface area contributed by atoms with Gasteiger partial charge in [-0.1, -0.05) is 50.2 Å². The fraction of sp³-hybridized carbons (Fsp3) is 0.550. The summed E-state index contributed by atoms with van der Waals surface area (Å²) in [7, 11) is 0. The van der Waals surface area contributed by atoms with E-state index in [1.165, 1.54) is 11.1 Å². The zero-order valence-electron chi connectivity index (χ0n) is 16.5. The molecule has 6 nitrogen and oxygen atoms in total. The molecule has 0 aliphatic heterocycles. The van der Waals surface area contributed by atoms with Crippen molar-refractivity contribution in [2.45, 2.75) is 59.4 Å². The van der Waals surface area contributed by atoms with Crippen molar-refractivity contribution >= 4 is 5.96 Å². The minimum absolute atomic E-state index is 0.176. The van der Waals surface area contributed by atoms with Crippen LogP contribution in [0.1, 0.15) is 69.4 Å². The second kappa shape index (κ2) is 9.94. The lowest BCUT2D eigenvalue weighted by atomic mass is 10.1. The van der Waals surface area contributed by atoms with Crippen LogP contribution in [0.2, 0.25) is 0 Å². The fourth-order valence-corrected chi connectivity index (χ4v) is 2.52. The predicted molar refractivity (Wildman–Crippen MR) is 105 cm³/mol. The first kappa shape index (κ1) is 19.9. The number of nitrogens with zero attached hydrogens (tertiary/aromatic N) is 3. The smallest absolute Gasteiger partial charge is 0.228 e. The molecule has 0 spiro atoms. The second-order valence-corrected chi connectivity index (χ2v) is 6.67. The van der Waals surface area contributed by atoms with Crippen molar-refractivity contribution in [3.05, 3.63) is 47.1 Å². The van der Waals surface area contributed by atoms with E-state index in [1.54, 1.807) is 0 Å². The van der Waals surface area contributed by atoms with Gasteiger partial charge in [-0.05, 0) is 31.4 Å². The molecule has 0 saturated heterocycles. The van der Waals surface area contributed by atoms with Crippen molar-refractivity contribution < 1.29 is 4.52 Å². The van der Waals surface area contributed by atoms with Gasteiger partial charge in [-0.3, -0.25) is 4.99 Å². The van der Waals surface area contributed by atoms with Gasteiger partial charge in [0.1, 0.15) is 0 Å². The van der Waals surface area contributed by atoms with Crippen LogP contribution in [0.5, 0.6) is 0 Å². The van der Waals surface area contributed by atoms with Gasteiger partial charge in [0.25, 0.3) is 0 Å². The molecule has 2 rings (SSSR count). The van der Waals surface area contributed by atoms with Gasteiger partial charge < -0.3 is 15.2 Å². The summed E-state index contributed by atoms with van der Waals surface area (Å²) in [5.74, 6) is 2.45. The Bertz CT molecular complexity index is 690. The molecule has 0 saturated carbocycles. The molecular weight excluding hydrogens is 326 g/mol. The highest BCUT2D eigenvalue weighted by molar-refractivity contribution is 5.80. The number of aryl methyl sites for hydroxylation is 1. The van der Waals surface area contributed by atoms with Crippen LogP contribution < -0.4 is 10.6 Å². The van der Waals surface area contributed by atoms with Crippen LogP contribution >= 0.6 is 0 Å². The molecule has 26 heavy (non-hydrogen) atoms. The van der Waals surface area contributed by atoms with E-state index in [2.05, 4.69) is 84.7 Å².